The number of hydrogen-bond acceptors (Lipinski definition) is 3. The molecule has 0 N–H and O–H groups in total. The van der Waals surface area contributed by atoms with Crippen LogP contribution in [0.1, 0.15) is 19.4 Å². The third-order valence-electron chi connectivity index (χ3n) is 5.07. The fraction of sp³-hybridized carbons (Fsp3) is 0.381. The molecule has 0 aliphatic carbocycles. The molecule has 2 aromatic rings. The molecule has 0 radical (unpaired) electrons. The van der Waals surface area contributed by atoms with Gasteiger partial charge in [0.2, 0.25) is 5.91 Å². The SMILES string of the molecule is COc1ccccc1C(C)(C)C(=O)N1CCN(c2ccc(F)cc2)CC1. The highest BCUT2D eigenvalue weighted by Crippen LogP contribution is 2.33. The molecule has 1 saturated heterocycles. The van der Waals surface area contributed by atoms with Crippen molar-refractivity contribution in [2.24, 2.45) is 0 Å². The average molecular weight is 356 g/mol. The maximum atomic E-state index is 13.2. The molecule has 0 unspecified atom stereocenters. The zero-order chi connectivity index (χ0) is 18.7. The molecule has 4 nitrogen and oxygen atoms in total. The first-order chi connectivity index (χ1) is 12.4. The Morgan fingerprint density at radius 3 is 2.23 bits per heavy atom. The van der Waals surface area contributed by atoms with Crippen LogP contribution in [0.2, 0.25) is 0 Å². The normalized spacial score (nSPS) is 15.1. The molecule has 5 heteroatoms. The predicted molar refractivity (Wildman–Crippen MR) is 101 cm³/mol. The maximum Gasteiger partial charge on any atom is 0.232 e. The summed E-state index contributed by atoms with van der Waals surface area (Å²) in [6.07, 6.45) is 0. The van der Waals surface area contributed by atoms with E-state index in [1.165, 1.54) is 12.1 Å². The number of ether oxygens (including phenoxy) is 1. The van der Waals surface area contributed by atoms with Gasteiger partial charge in [-0.25, -0.2) is 4.39 Å². The van der Waals surface area contributed by atoms with Gasteiger partial charge in [-0.15, -0.1) is 0 Å². The summed E-state index contributed by atoms with van der Waals surface area (Å²) in [7, 11) is 1.63. The van der Waals surface area contributed by atoms with Gasteiger partial charge >= 0.3 is 0 Å². The number of methoxy groups -OCH3 is 1. The van der Waals surface area contributed by atoms with E-state index in [0.29, 0.717) is 13.1 Å². The summed E-state index contributed by atoms with van der Waals surface area (Å²) in [5.41, 5.74) is 1.22. The first-order valence-electron chi connectivity index (χ1n) is 8.87. The van der Waals surface area contributed by atoms with Gasteiger partial charge in [0, 0.05) is 37.4 Å². The van der Waals surface area contributed by atoms with Crippen molar-refractivity contribution < 1.29 is 13.9 Å². The molecular formula is C21H25FN2O2. The number of hydrogen-bond donors (Lipinski definition) is 0. The first kappa shape index (κ1) is 18.2. The summed E-state index contributed by atoms with van der Waals surface area (Å²) >= 11 is 0. The molecule has 1 heterocycles. The lowest BCUT2D eigenvalue weighted by atomic mass is 9.82. The molecule has 0 saturated carbocycles. The molecule has 0 atom stereocenters. The monoisotopic (exact) mass is 356 g/mol. The van der Waals surface area contributed by atoms with Crippen LogP contribution < -0.4 is 9.64 Å². The summed E-state index contributed by atoms with van der Waals surface area (Å²) in [4.78, 5) is 17.3. The number of halogens is 1. The number of nitrogens with zero attached hydrogens (tertiary/aromatic N) is 2. The van der Waals surface area contributed by atoms with E-state index in [-0.39, 0.29) is 11.7 Å². The van der Waals surface area contributed by atoms with Crippen molar-refractivity contribution in [1.82, 2.24) is 4.90 Å². The fourth-order valence-electron chi connectivity index (χ4n) is 3.49. The number of rotatable bonds is 4. The summed E-state index contributed by atoms with van der Waals surface area (Å²) in [5, 5.41) is 0. The van der Waals surface area contributed by atoms with E-state index in [4.69, 9.17) is 4.74 Å². The van der Waals surface area contributed by atoms with Gasteiger partial charge in [-0.1, -0.05) is 18.2 Å². The second-order valence-corrected chi connectivity index (χ2v) is 7.08. The van der Waals surface area contributed by atoms with Gasteiger partial charge in [-0.05, 0) is 44.2 Å². The van der Waals surface area contributed by atoms with Crippen LogP contribution in [0.15, 0.2) is 48.5 Å². The van der Waals surface area contributed by atoms with Crippen LogP contribution in [-0.4, -0.2) is 44.1 Å². The van der Waals surface area contributed by atoms with Crippen molar-refractivity contribution in [2.45, 2.75) is 19.3 Å². The molecule has 26 heavy (non-hydrogen) atoms. The van der Waals surface area contributed by atoms with E-state index in [1.54, 1.807) is 19.2 Å². The Morgan fingerprint density at radius 1 is 1.00 bits per heavy atom. The molecule has 1 aliphatic rings. The zero-order valence-electron chi connectivity index (χ0n) is 15.5. The molecule has 0 aromatic heterocycles. The minimum absolute atomic E-state index is 0.0979. The van der Waals surface area contributed by atoms with Crippen LogP contribution in [0, 0.1) is 5.82 Å². The van der Waals surface area contributed by atoms with E-state index in [1.807, 2.05) is 43.0 Å². The third-order valence-corrected chi connectivity index (χ3v) is 5.07. The van der Waals surface area contributed by atoms with Gasteiger partial charge in [0.1, 0.15) is 11.6 Å². The largest absolute Gasteiger partial charge is 0.496 e. The van der Waals surface area contributed by atoms with E-state index in [0.717, 1.165) is 30.1 Å². The molecule has 0 bridgehead atoms. The molecule has 0 spiro atoms. The van der Waals surface area contributed by atoms with Gasteiger partial charge in [-0.2, -0.15) is 0 Å². The van der Waals surface area contributed by atoms with E-state index in [2.05, 4.69) is 4.90 Å². The number of piperazine rings is 1. The average Bonchev–Trinajstić information content (AvgIpc) is 2.68. The van der Waals surface area contributed by atoms with Crippen molar-refractivity contribution in [1.29, 1.82) is 0 Å². The summed E-state index contributed by atoms with van der Waals surface area (Å²) < 4.78 is 18.5. The van der Waals surface area contributed by atoms with Crippen LogP contribution in [0.5, 0.6) is 5.75 Å². The number of benzene rings is 2. The minimum Gasteiger partial charge on any atom is -0.496 e. The lowest BCUT2D eigenvalue weighted by molar-refractivity contribution is -0.136. The second kappa shape index (κ2) is 7.36. The molecule has 3 rings (SSSR count). The quantitative estimate of drug-likeness (QED) is 0.841. The molecule has 1 amide bonds. The fourth-order valence-corrected chi connectivity index (χ4v) is 3.49. The minimum atomic E-state index is -0.662. The predicted octanol–water partition coefficient (Wildman–Crippen LogP) is 3.46. The van der Waals surface area contributed by atoms with Crippen molar-refractivity contribution in [3.8, 4) is 5.75 Å². The van der Waals surface area contributed by atoms with Crippen molar-refractivity contribution >= 4 is 11.6 Å². The highest BCUT2D eigenvalue weighted by molar-refractivity contribution is 5.88. The molecule has 1 aliphatic heterocycles. The number of carbonyl (C=O) groups excluding carboxylic acids is 1. The van der Waals surface area contributed by atoms with Crippen LogP contribution in [0.25, 0.3) is 0 Å². The standard InChI is InChI=1S/C21H25FN2O2/c1-21(2,18-6-4-5-7-19(18)26-3)20(25)24-14-12-23(13-15-24)17-10-8-16(22)9-11-17/h4-11H,12-15H2,1-3H3. The summed E-state index contributed by atoms with van der Waals surface area (Å²) in [6.45, 7) is 6.65. The van der Waals surface area contributed by atoms with Crippen molar-refractivity contribution in [3.63, 3.8) is 0 Å². The summed E-state index contributed by atoms with van der Waals surface area (Å²) in [5.74, 6) is 0.595. The highest BCUT2D eigenvalue weighted by atomic mass is 19.1. The lowest BCUT2D eigenvalue weighted by Gasteiger charge is -2.40. The van der Waals surface area contributed by atoms with Gasteiger partial charge in [0.15, 0.2) is 0 Å². The summed E-state index contributed by atoms with van der Waals surface area (Å²) in [6, 6.07) is 14.2. The van der Waals surface area contributed by atoms with Gasteiger partial charge in [-0.3, -0.25) is 4.79 Å². The van der Waals surface area contributed by atoms with Crippen molar-refractivity contribution in [2.75, 3.05) is 38.2 Å². The van der Waals surface area contributed by atoms with Crippen LogP contribution in [-0.2, 0) is 10.2 Å². The topological polar surface area (TPSA) is 32.8 Å². The highest BCUT2D eigenvalue weighted by Gasteiger charge is 2.37. The Morgan fingerprint density at radius 2 is 1.62 bits per heavy atom. The Balaban J connectivity index is 1.70. The third kappa shape index (κ3) is 3.52. The van der Waals surface area contributed by atoms with E-state index >= 15 is 0 Å². The van der Waals surface area contributed by atoms with Crippen LogP contribution >= 0.6 is 0 Å². The first-order valence-corrected chi connectivity index (χ1v) is 8.87. The van der Waals surface area contributed by atoms with Gasteiger partial charge < -0.3 is 14.5 Å². The Hall–Kier alpha value is -2.56. The smallest absolute Gasteiger partial charge is 0.232 e. The lowest BCUT2D eigenvalue weighted by Crippen LogP contribution is -2.53. The number of amides is 1. The molecular weight excluding hydrogens is 331 g/mol. The maximum absolute atomic E-state index is 13.2. The Bertz CT molecular complexity index is 766. The van der Waals surface area contributed by atoms with Gasteiger partial charge in [0.25, 0.3) is 0 Å². The number of para-hydroxylation sites is 1. The van der Waals surface area contributed by atoms with E-state index in [9.17, 15) is 9.18 Å². The van der Waals surface area contributed by atoms with Crippen LogP contribution in [0.3, 0.4) is 0 Å². The van der Waals surface area contributed by atoms with Crippen molar-refractivity contribution in [3.05, 3.63) is 59.9 Å². The molecule has 2 aromatic carbocycles. The zero-order valence-corrected chi connectivity index (χ0v) is 15.5. The Kier molecular flexibility index (Phi) is 5.16. The molecule has 1 fully saturated rings. The number of carbonyl (C=O) groups is 1. The number of anilines is 1. The van der Waals surface area contributed by atoms with Gasteiger partial charge in [0.05, 0.1) is 12.5 Å². The second-order valence-electron chi connectivity index (χ2n) is 7.08. The molecule has 138 valence electrons. The van der Waals surface area contributed by atoms with E-state index < -0.39 is 5.41 Å². The Labute approximate surface area is 154 Å². The van der Waals surface area contributed by atoms with Crippen LogP contribution in [0.4, 0.5) is 10.1 Å².